The average Bonchev–Trinajstić information content (AvgIpc) is 2.52. The molecule has 0 bridgehead atoms. The highest BCUT2D eigenvalue weighted by Gasteiger charge is 2.08. The van der Waals surface area contributed by atoms with Gasteiger partial charge in [0.1, 0.15) is 24.6 Å². The predicted molar refractivity (Wildman–Crippen MR) is 79.4 cm³/mol. The van der Waals surface area contributed by atoms with E-state index in [4.69, 9.17) is 19.7 Å². The maximum Gasteiger partial charge on any atom is 0.120 e. The molecule has 0 fully saturated rings. The molecule has 114 valence electrons. The molecule has 2 aromatic rings. The summed E-state index contributed by atoms with van der Waals surface area (Å²) in [7, 11) is 0. The molecule has 0 aromatic heterocycles. The summed E-state index contributed by atoms with van der Waals surface area (Å²) in [4.78, 5) is 0. The zero-order valence-corrected chi connectivity index (χ0v) is 11.7. The van der Waals surface area contributed by atoms with E-state index in [9.17, 15) is 5.11 Å². The number of ether oxygens (including phenoxy) is 2. The molecule has 2 aromatic carbocycles. The first kappa shape index (κ1) is 15.7. The van der Waals surface area contributed by atoms with Crippen LogP contribution >= 0.6 is 0 Å². The number of benzene rings is 2. The molecule has 2 unspecified atom stereocenters. The van der Waals surface area contributed by atoms with Crippen LogP contribution in [0.4, 0.5) is 0 Å². The van der Waals surface area contributed by atoms with Crippen molar-refractivity contribution in [2.75, 3.05) is 26.4 Å². The van der Waals surface area contributed by atoms with Crippen LogP contribution in [0.15, 0.2) is 42.5 Å². The van der Waals surface area contributed by atoms with E-state index >= 15 is 0 Å². The fourth-order valence-corrected chi connectivity index (χ4v) is 1.89. The van der Waals surface area contributed by atoms with Crippen LogP contribution < -0.4 is 4.74 Å². The molecule has 0 saturated heterocycles. The molecular formula is C16H20O5. The molecule has 0 saturated carbocycles. The van der Waals surface area contributed by atoms with E-state index in [2.05, 4.69) is 0 Å². The topological polar surface area (TPSA) is 79.2 Å². The lowest BCUT2D eigenvalue weighted by molar-refractivity contribution is -0.0337. The van der Waals surface area contributed by atoms with Crippen molar-refractivity contribution in [3.05, 3.63) is 42.5 Å². The Hall–Kier alpha value is -1.66. The molecular weight excluding hydrogens is 272 g/mol. The third-order valence-corrected chi connectivity index (χ3v) is 2.99. The van der Waals surface area contributed by atoms with Gasteiger partial charge in [0.15, 0.2) is 0 Å². The molecule has 2 rings (SSSR count). The first-order valence-corrected chi connectivity index (χ1v) is 6.85. The van der Waals surface area contributed by atoms with Crippen LogP contribution in [0.5, 0.6) is 5.75 Å². The lowest BCUT2D eigenvalue weighted by atomic mass is 10.1. The van der Waals surface area contributed by atoms with Crippen molar-refractivity contribution >= 4 is 10.8 Å². The van der Waals surface area contributed by atoms with Gasteiger partial charge in [-0.2, -0.15) is 0 Å². The molecule has 0 aliphatic rings. The third-order valence-electron chi connectivity index (χ3n) is 2.99. The zero-order valence-electron chi connectivity index (χ0n) is 11.7. The largest absolute Gasteiger partial charge is 0.491 e. The summed E-state index contributed by atoms with van der Waals surface area (Å²) in [5, 5.41) is 29.6. The highest BCUT2D eigenvalue weighted by molar-refractivity contribution is 5.83. The van der Waals surface area contributed by atoms with Crippen molar-refractivity contribution in [3.63, 3.8) is 0 Å². The molecule has 5 heteroatoms. The molecule has 0 radical (unpaired) electrons. The summed E-state index contributed by atoms with van der Waals surface area (Å²) < 4.78 is 10.6. The first-order valence-electron chi connectivity index (χ1n) is 6.85. The van der Waals surface area contributed by atoms with Gasteiger partial charge in [-0.1, -0.05) is 30.3 Å². The van der Waals surface area contributed by atoms with Gasteiger partial charge in [0.2, 0.25) is 0 Å². The molecule has 5 nitrogen and oxygen atoms in total. The normalized spacial score (nSPS) is 14.0. The second-order valence-corrected chi connectivity index (χ2v) is 4.85. The zero-order chi connectivity index (χ0) is 15.1. The van der Waals surface area contributed by atoms with Crippen LogP contribution in [0.25, 0.3) is 10.8 Å². The second-order valence-electron chi connectivity index (χ2n) is 4.85. The molecule has 0 spiro atoms. The van der Waals surface area contributed by atoms with E-state index in [-0.39, 0.29) is 26.4 Å². The van der Waals surface area contributed by atoms with Crippen LogP contribution in [0, 0.1) is 0 Å². The maximum atomic E-state index is 9.72. The fraction of sp³-hybridized carbons (Fsp3) is 0.375. The van der Waals surface area contributed by atoms with Gasteiger partial charge in [0, 0.05) is 0 Å². The number of aliphatic hydroxyl groups is 3. The number of fused-ring (bicyclic) bond motifs is 1. The van der Waals surface area contributed by atoms with E-state index in [0.29, 0.717) is 5.75 Å². The standard InChI is InChI=1S/C16H20O5/c17-8-14(18)9-20-10-15(19)11-21-16-6-5-12-3-1-2-4-13(12)7-16/h1-7,14-15,17-19H,8-11H2. The second kappa shape index (κ2) is 7.95. The lowest BCUT2D eigenvalue weighted by Gasteiger charge is -2.14. The third kappa shape index (κ3) is 4.99. The van der Waals surface area contributed by atoms with Crippen LogP contribution in [-0.4, -0.2) is 54.0 Å². The van der Waals surface area contributed by atoms with Crippen LogP contribution in [-0.2, 0) is 4.74 Å². The minimum atomic E-state index is -0.918. The van der Waals surface area contributed by atoms with Crippen molar-refractivity contribution < 1.29 is 24.8 Å². The molecule has 2 atom stereocenters. The van der Waals surface area contributed by atoms with E-state index in [1.54, 1.807) is 0 Å². The van der Waals surface area contributed by atoms with E-state index in [0.717, 1.165) is 10.8 Å². The Balaban J connectivity index is 1.78. The van der Waals surface area contributed by atoms with Crippen molar-refractivity contribution in [1.82, 2.24) is 0 Å². The van der Waals surface area contributed by atoms with E-state index < -0.39 is 12.2 Å². The van der Waals surface area contributed by atoms with Crippen molar-refractivity contribution in [2.45, 2.75) is 12.2 Å². The smallest absolute Gasteiger partial charge is 0.120 e. The van der Waals surface area contributed by atoms with Gasteiger partial charge < -0.3 is 24.8 Å². The van der Waals surface area contributed by atoms with Crippen molar-refractivity contribution in [1.29, 1.82) is 0 Å². The SMILES string of the molecule is OCC(O)COCC(O)COc1ccc2ccccc2c1. The summed E-state index contributed by atoms with van der Waals surface area (Å²) in [5.41, 5.74) is 0. The molecule has 0 aliphatic heterocycles. The van der Waals surface area contributed by atoms with Gasteiger partial charge in [0.05, 0.1) is 19.8 Å². The summed E-state index contributed by atoms with van der Waals surface area (Å²) in [6.45, 7) is -0.217. The van der Waals surface area contributed by atoms with E-state index in [1.807, 2.05) is 42.5 Å². The minimum absolute atomic E-state index is 0.0104. The molecule has 0 aliphatic carbocycles. The summed E-state index contributed by atoms with van der Waals surface area (Å²) >= 11 is 0. The first-order chi connectivity index (χ1) is 10.2. The van der Waals surface area contributed by atoms with Crippen LogP contribution in [0.2, 0.25) is 0 Å². The highest BCUT2D eigenvalue weighted by Crippen LogP contribution is 2.20. The maximum absolute atomic E-state index is 9.72. The summed E-state index contributed by atoms with van der Waals surface area (Å²) in [5.74, 6) is 0.683. The van der Waals surface area contributed by atoms with Crippen molar-refractivity contribution in [3.8, 4) is 5.75 Å². The van der Waals surface area contributed by atoms with Gasteiger partial charge >= 0.3 is 0 Å². The van der Waals surface area contributed by atoms with E-state index in [1.165, 1.54) is 0 Å². The Kier molecular flexibility index (Phi) is 5.95. The molecule has 21 heavy (non-hydrogen) atoms. The van der Waals surface area contributed by atoms with Gasteiger partial charge in [-0.05, 0) is 22.9 Å². The van der Waals surface area contributed by atoms with Crippen LogP contribution in [0.1, 0.15) is 0 Å². The molecule has 3 N–H and O–H groups in total. The van der Waals surface area contributed by atoms with Crippen molar-refractivity contribution in [2.24, 2.45) is 0 Å². The van der Waals surface area contributed by atoms with Gasteiger partial charge in [-0.15, -0.1) is 0 Å². The van der Waals surface area contributed by atoms with Crippen LogP contribution in [0.3, 0.4) is 0 Å². The minimum Gasteiger partial charge on any atom is -0.491 e. The van der Waals surface area contributed by atoms with Gasteiger partial charge in [-0.25, -0.2) is 0 Å². The highest BCUT2D eigenvalue weighted by atomic mass is 16.5. The Labute approximate surface area is 123 Å². The predicted octanol–water partition coefficient (Wildman–Crippen LogP) is 0.949. The monoisotopic (exact) mass is 292 g/mol. The lowest BCUT2D eigenvalue weighted by Crippen LogP contribution is -2.27. The summed E-state index contributed by atoms with van der Waals surface area (Å²) in [6, 6.07) is 13.7. The Morgan fingerprint density at radius 3 is 2.33 bits per heavy atom. The Morgan fingerprint density at radius 1 is 0.857 bits per heavy atom. The summed E-state index contributed by atoms with van der Waals surface area (Å²) in [6.07, 6.45) is -1.71. The molecule has 0 amide bonds. The molecule has 0 heterocycles. The number of hydrogen-bond acceptors (Lipinski definition) is 5. The number of aliphatic hydroxyl groups excluding tert-OH is 3. The number of rotatable bonds is 8. The Morgan fingerprint density at radius 2 is 1.57 bits per heavy atom. The quantitative estimate of drug-likeness (QED) is 0.675. The average molecular weight is 292 g/mol. The fourth-order valence-electron chi connectivity index (χ4n) is 1.89. The van der Waals surface area contributed by atoms with Gasteiger partial charge in [0.25, 0.3) is 0 Å². The van der Waals surface area contributed by atoms with Gasteiger partial charge in [-0.3, -0.25) is 0 Å². The Bertz CT molecular complexity index is 557. The number of hydrogen-bond donors (Lipinski definition) is 3.